The molecule has 1 heterocycles. The molecule has 1 fully saturated rings. The Bertz CT molecular complexity index is 315. The van der Waals surface area contributed by atoms with Crippen LogP contribution in [0.1, 0.15) is 46.0 Å². The van der Waals surface area contributed by atoms with Crippen LogP contribution in [0.2, 0.25) is 0 Å². The van der Waals surface area contributed by atoms with Gasteiger partial charge < -0.3 is 14.7 Å². The summed E-state index contributed by atoms with van der Waals surface area (Å²) in [6.45, 7) is 5.91. The Morgan fingerprint density at radius 3 is 2.68 bits per heavy atom. The van der Waals surface area contributed by atoms with Crippen LogP contribution < -0.4 is 0 Å². The van der Waals surface area contributed by atoms with Gasteiger partial charge in [-0.15, -0.1) is 0 Å². The van der Waals surface area contributed by atoms with E-state index in [-0.39, 0.29) is 5.91 Å². The molecule has 0 radical (unpaired) electrons. The largest absolute Gasteiger partial charge is 0.481 e. The Balaban J connectivity index is 2.61. The zero-order valence-corrected chi connectivity index (χ0v) is 12.0. The molecule has 5 heteroatoms. The van der Waals surface area contributed by atoms with Gasteiger partial charge in [-0.1, -0.05) is 13.3 Å². The van der Waals surface area contributed by atoms with Crippen molar-refractivity contribution in [1.29, 1.82) is 0 Å². The molecule has 0 aromatic rings. The summed E-state index contributed by atoms with van der Waals surface area (Å²) in [4.78, 5) is 25.3. The summed E-state index contributed by atoms with van der Waals surface area (Å²) in [5, 5.41) is 9.47. The van der Waals surface area contributed by atoms with E-state index in [0.717, 1.165) is 12.8 Å². The fraction of sp³-hybridized carbons (Fsp3) is 0.857. The number of carboxylic acid groups (broad SMARTS) is 1. The number of nitrogens with zero attached hydrogens (tertiary/aromatic N) is 1. The molecule has 1 atom stereocenters. The first kappa shape index (κ1) is 16.0. The van der Waals surface area contributed by atoms with Gasteiger partial charge in [0, 0.05) is 19.7 Å². The molecule has 0 saturated carbocycles. The maximum Gasteiger partial charge on any atom is 0.311 e. The molecule has 0 aliphatic carbocycles. The fourth-order valence-electron chi connectivity index (χ4n) is 2.77. The lowest BCUT2D eigenvalue weighted by molar-refractivity contribution is -0.155. The number of carboxylic acids is 1. The van der Waals surface area contributed by atoms with Crippen LogP contribution in [0.25, 0.3) is 0 Å². The third-order valence-electron chi connectivity index (χ3n) is 3.78. The molecule has 19 heavy (non-hydrogen) atoms. The second-order valence-corrected chi connectivity index (χ2v) is 5.20. The Morgan fingerprint density at radius 2 is 2.11 bits per heavy atom. The number of carbonyl (C=O) groups excluding carboxylic acids is 1. The molecule has 1 aliphatic heterocycles. The van der Waals surface area contributed by atoms with E-state index in [9.17, 15) is 14.7 Å². The van der Waals surface area contributed by atoms with Crippen LogP contribution in [0.3, 0.4) is 0 Å². The van der Waals surface area contributed by atoms with Crippen molar-refractivity contribution < 1.29 is 19.4 Å². The third kappa shape index (κ3) is 4.20. The van der Waals surface area contributed by atoms with Gasteiger partial charge >= 0.3 is 5.97 Å². The van der Waals surface area contributed by atoms with Crippen LogP contribution in [0, 0.1) is 5.41 Å². The molecule has 0 aromatic carbocycles. The van der Waals surface area contributed by atoms with Crippen LogP contribution in [-0.2, 0) is 14.3 Å². The molecule has 0 aromatic heterocycles. The van der Waals surface area contributed by atoms with Crippen LogP contribution in [-0.4, -0.2) is 48.2 Å². The number of hydrogen-bond donors (Lipinski definition) is 1. The SMILES string of the molecule is CCCC1(C(=O)O)CCCN(C(=O)CCOCC)C1. The van der Waals surface area contributed by atoms with Crippen molar-refractivity contribution in [2.75, 3.05) is 26.3 Å². The zero-order chi connectivity index (χ0) is 14.3. The average Bonchev–Trinajstić information content (AvgIpc) is 2.39. The molecule has 0 bridgehead atoms. The molecule has 5 nitrogen and oxygen atoms in total. The van der Waals surface area contributed by atoms with Crippen molar-refractivity contribution in [3.63, 3.8) is 0 Å². The van der Waals surface area contributed by atoms with Crippen molar-refractivity contribution in [3.05, 3.63) is 0 Å². The number of piperidine rings is 1. The summed E-state index contributed by atoms with van der Waals surface area (Å²) < 4.78 is 5.18. The van der Waals surface area contributed by atoms with E-state index in [1.54, 1.807) is 4.90 Å². The topological polar surface area (TPSA) is 66.8 Å². The summed E-state index contributed by atoms with van der Waals surface area (Å²) in [6.07, 6.45) is 3.25. The van der Waals surface area contributed by atoms with Crippen LogP contribution >= 0.6 is 0 Å². The average molecular weight is 271 g/mol. The summed E-state index contributed by atoms with van der Waals surface area (Å²) in [5.74, 6) is -0.758. The van der Waals surface area contributed by atoms with Crippen LogP contribution in [0.5, 0.6) is 0 Å². The quantitative estimate of drug-likeness (QED) is 0.718. The van der Waals surface area contributed by atoms with E-state index in [4.69, 9.17) is 4.74 Å². The highest BCUT2D eigenvalue weighted by atomic mass is 16.5. The van der Waals surface area contributed by atoms with Gasteiger partial charge in [0.05, 0.1) is 18.4 Å². The Kier molecular flexibility index (Phi) is 6.28. The smallest absolute Gasteiger partial charge is 0.311 e. The number of likely N-dealkylation sites (tertiary alicyclic amines) is 1. The molecule has 1 rings (SSSR count). The normalized spacial score (nSPS) is 23.4. The fourth-order valence-corrected chi connectivity index (χ4v) is 2.77. The lowest BCUT2D eigenvalue weighted by atomic mass is 9.76. The maximum atomic E-state index is 12.0. The number of hydrogen-bond acceptors (Lipinski definition) is 3. The Morgan fingerprint density at radius 1 is 1.37 bits per heavy atom. The van der Waals surface area contributed by atoms with E-state index in [0.29, 0.717) is 45.6 Å². The molecule has 1 unspecified atom stereocenters. The molecular weight excluding hydrogens is 246 g/mol. The standard InChI is InChI=1S/C14H25NO4/c1-3-7-14(13(17)18)8-5-9-15(11-14)12(16)6-10-19-4-2/h3-11H2,1-2H3,(H,17,18). The predicted molar refractivity (Wildman–Crippen MR) is 71.9 cm³/mol. The number of rotatable bonds is 7. The first-order valence-corrected chi connectivity index (χ1v) is 7.14. The van der Waals surface area contributed by atoms with Gasteiger partial charge in [-0.05, 0) is 26.2 Å². The van der Waals surface area contributed by atoms with Gasteiger partial charge in [-0.2, -0.15) is 0 Å². The second kappa shape index (κ2) is 7.48. The first-order chi connectivity index (χ1) is 9.05. The van der Waals surface area contributed by atoms with E-state index >= 15 is 0 Å². The van der Waals surface area contributed by atoms with E-state index in [1.165, 1.54) is 0 Å². The van der Waals surface area contributed by atoms with Crippen LogP contribution in [0.4, 0.5) is 0 Å². The highest BCUT2D eigenvalue weighted by Crippen LogP contribution is 2.35. The lowest BCUT2D eigenvalue weighted by Crippen LogP contribution is -2.50. The molecule has 110 valence electrons. The molecule has 1 saturated heterocycles. The summed E-state index contributed by atoms with van der Waals surface area (Å²) in [5.41, 5.74) is -0.742. The lowest BCUT2D eigenvalue weighted by Gasteiger charge is -2.40. The van der Waals surface area contributed by atoms with Gasteiger partial charge in [0.1, 0.15) is 0 Å². The van der Waals surface area contributed by atoms with Gasteiger partial charge in [0.15, 0.2) is 0 Å². The van der Waals surface area contributed by atoms with Crippen molar-refractivity contribution in [2.24, 2.45) is 5.41 Å². The summed E-state index contributed by atoms with van der Waals surface area (Å²) in [6, 6.07) is 0. The van der Waals surface area contributed by atoms with Crippen molar-refractivity contribution >= 4 is 11.9 Å². The zero-order valence-electron chi connectivity index (χ0n) is 12.0. The first-order valence-electron chi connectivity index (χ1n) is 7.14. The van der Waals surface area contributed by atoms with Gasteiger partial charge in [-0.3, -0.25) is 9.59 Å². The Hall–Kier alpha value is -1.10. The van der Waals surface area contributed by atoms with E-state index < -0.39 is 11.4 Å². The van der Waals surface area contributed by atoms with Gasteiger partial charge in [0.2, 0.25) is 5.91 Å². The van der Waals surface area contributed by atoms with E-state index in [2.05, 4.69) is 0 Å². The van der Waals surface area contributed by atoms with Crippen molar-refractivity contribution in [3.8, 4) is 0 Å². The number of aliphatic carboxylic acids is 1. The van der Waals surface area contributed by atoms with E-state index in [1.807, 2.05) is 13.8 Å². The van der Waals surface area contributed by atoms with Gasteiger partial charge in [-0.25, -0.2) is 0 Å². The van der Waals surface area contributed by atoms with Crippen molar-refractivity contribution in [1.82, 2.24) is 4.90 Å². The monoisotopic (exact) mass is 271 g/mol. The predicted octanol–water partition coefficient (Wildman–Crippen LogP) is 1.91. The minimum atomic E-state index is -0.767. The minimum absolute atomic E-state index is 0.00915. The third-order valence-corrected chi connectivity index (χ3v) is 3.78. The molecule has 1 N–H and O–H groups in total. The Labute approximate surface area is 114 Å². The summed E-state index contributed by atoms with van der Waals surface area (Å²) in [7, 11) is 0. The number of carbonyl (C=O) groups is 2. The number of ether oxygens (including phenoxy) is 1. The van der Waals surface area contributed by atoms with Crippen molar-refractivity contribution in [2.45, 2.75) is 46.0 Å². The minimum Gasteiger partial charge on any atom is -0.481 e. The van der Waals surface area contributed by atoms with Crippen LogP contribution in [0.15, 0.2) is 0 Å². The molecular formula is C14H25NO4. The maximum absolute atomic E-state index is 12.0. The highest BCUT2D eigenvalue weighted by Gasteiger charge is 2.42. The highest BCUT2D eigenvalue weighted by molar-refractivity contribution is 5.79. The molecule has 0 spiro atoms. The summed E-state index contributed by atoms with van der Waals surface area (Å²) >= 11 is 0. The number of amides is 1. The second-order valence-electron chi connectivity index (χ2n) is 5.20. The molecule has 1 aliphatic rings. The van der Waals surface area contributed by atoms with Gasteiger partial charge in [0.25, 0.3) is 0 Å². The molecule has 1 amide bonds.